The van der Waals surface area contributed by atoms with Gasteiger partial charge in [0.1, 0.15) is 5.69 Å². The summed E-state index contributed by atoms with van der Waals surface area (Å²) in [6.45, 7) is 4.23. The third-order valence-electron chi connectivity index (χ3n) is 3.31. The number of rotatable bonds is 3. The molecular weight excluding hydrogens is 218 g/mol. The first kappa shape index (κ1) is 12.0. The third-order valence-corrected chi connectivity index (χ3v) is 3.31. The van der Waals surface area contributed by atoms with Gasteiger partial charge in [0.2, 0.25) is 0 Å². The smallest absolute Gasteiger partial charge is 0.270 e. The van der Waals surface area contributed by atoms with Crippen molar-refractivity contribution < 1.29 is 9.90 Å². The van der Waals surface area contributed by atoms with Crippen LogP contribution in [0.5, 0.6) is 0 Å². The molecule has 2 rings (SSSR count). The highest BCUT2D eigenvalue weighted by Crippen LogP contribution is 2.20. The van der Waals surface area contributed by atoms with Gasteiger partial charge in [0.25, 0.3) is 5.91 Å². The second-order valence-corrected chi connectivity index (χ2v) is 4.53. The number of hydrogen-bond donors (Lipinski definition) is 2. The maximum Gasteiger partial charge on any atom is 0.270 e. The van der Waals surface area contributed by atoms with Crippen LogP contribution in [-0.2, 0) is 6.54 Å². The Kier molecular flexibility index (Phi) is 3.38. The Morgan fingerprint density at radius 3 is 3.00 bits per heavy atom. The van der Waals surface area contributed by atoms with E-state index in [1.807, 2.05) is 11.5 Å². The topological polar surface area (TPSA) is 71.5 Å². The van der Waals surface area contributed by atoms with E-state index in [9.17, 15) is 4.79 Å². The zero-order valence-corrected chi connectivity index (χ0v) is 10.1. The SMILES string of the molecule is CCn1cc(N)cc1C(=O)N1CCC(CO)C1. The highest BCUT2D eigenvalue weighted by Gasteiger charge is 2.27. The molecule has 1 aliphatic heterocycles. The molecule has 2 heterocycles. The number of nitrogens with two attached hydrogens (primary N) is 1. The van der Waals surface area contributed by atoms with Gasteiger partial charge in [0.15, 0.2) is 0 Å². The van der Waals surface area contributed by atoms with E-state index in [0.29, 0.717) is 17.9 Å². The van der Waals surface area contributed by atoms with Crippen LogP contribution in [0, 0.1) is 5.92 Å². The molecule has 0 aliphatic carbocycles. The van der Waals surface area contributed by atoms with E-state index in [1.54, 1.807) is 17.2 Å². The minimum absolute atomic E-state index is 0.0134. The molecule has 0 bridgehead atoms. The number of aryl methyl sites for hydroxylation is 1. The van der Waals surface area contributed by atoms with Gasteiger partial charge < -0.3 is 20.3 Å². The molecule has 5 nitrogen and oxygen atoms in total. The number of anilines is 1. The average molecular weight is 237 g/mol. The molecule has 1 saturated heterocycles. The number of amides is 1. The molecule has 17 heavy (non-hydrogen) atoms. The van der Waals surface area contributed by atoms with Crippen LogP contribution in [-0.4, -0.2) is 40.2 Å². The van der Waals surface area contributed by atoms with E-state index in [1.165, 1.54) is 0 Å². The summed E-state index contributed by atoms with van der Waals surface area (Å²) >= 11 is 0. The van der Waals surface area contributed by atoms with Gasteiger partial charge in [-0.15, -0.1) is 0 Å². The second kappa shape index (κ2) is 4.79. The van der Waals surface area contributed by atoms with E-state index in [0.717, 1.165) is 19.5 Å². The maximum absolute atomic E-state index is 12.3. The minimum atomic E-state index is 0.0134. The van der Waals surface area contributed by atoms with Crippen LogP contribution in [0.25, 0.3) is 0 Å². The number of carbonyl (C=O) groups excluding carboxylic acids is 1. The van der Waals surface area contributed by atoms with Gasteiger partial charge >= 0.3 is 0 Å². The number of nitrogens with zero attached hydrogens (tertiary/aromatic N) is 2. The molecule has 0 saturated carbocycles. The number of hydrogen-bond acceptors (Lipinski definition) is 3. The Morgan fingerprint density at radius 1 is 1.65 bits per heavy atom. The molecule has 1 atom stereocenters. The van der Waals surface area contributed by atoms with Crippen molar-refractivity contribution in [3.63, 3.8) is 0 Å². The van der Waals surface area contributed by atoms with Crippen molar-refractivity contribution in [1.29, 1.82) is 0 Å². The first-order valence-electron chi connectivity index (χ1n) is 6.01. The molecule has 1 fully saturated rings. The molecule has 1 unspecified atom stereocenters. The molecule has 1 aromatic heterocycles. The first-order valence-corrected chi connectivity index (χ1v) is 6.01. The minimum Gasteiger partial charge on any atom is -0.397 e. The number of likely N-dealkylation sites (tertiary alicyclic amines) is 1. The van der Waals surface area contributed by atoms with Crippen molar-refractivity contribution in [2.24, 2.45) is 5.92 Å². The number of aliphatic hydroxyl groups is 1. The average Bonchev–Trinajstić information content (AvgIpc) is 2.93. The summed E-state index contributed by atoms with van der Waals surface area (Å²) in [5, 5.41) is 9.08. The normalized spacial score (nSPS) is 19.9. The van der Waals surface area contributed by atoms with E-state index in [-0.39, 0.29) is 18.4 Å². The van der Waals surface area contributed by atoms with Crippen molar-refractivity contribution in [3.05, 3.63) is 18.0 Å². The summed E-state index contributed by atoms with van der Waals surface area (Å²) in [6, 6.07) is 1.72. The van der Waals surface area contributed by atoms with E-state index >= 15 is 0 Å². The Balaban J connectivity index is 2.14. The lowest BCUT2D eigenvalue weighted by atomic mass is 10.1. The Hall–Kier alpha value is -1.49. The van der Waals surface area contributed by atoms with Crippen molar-refractivity contribution >= 4 is 11.6 Å². The van der Waals surface area contributed by atoms with Crippen LogP contribution in [0.3, 0.4) is 0 Å². The summed E-state index contributed by atoms with van der Waals surface area (Å²) in [7, 11) is 0. The Bertz CT molecular complexity index is 414. The maximum atomic E-state index is 12.3. The molecule has 0 radical (unpaired) electrons. The van der Waals surface area contributed by atoms with Gasteiger partial charge in [0, 0.05) is 38.4 Å². The fourth-order valence-corrected chi connectivity index (χ4v) is 2.30. The lowest BCUT2D eigenvalue weighted by Gasteiger charge is -2.17. The van der Waals surface area contributed by atoms with Crippen LogP contribution in [0.4, 0.5) is 5.69 Å². The van der Waals surface area contributed by atoms with E-state index in [2.05, 4.69) is 0 Å². The highest BCUT2D eigenvalue weighted by molar-refractivity contribution is 5.94. The lowest BCUT2D eigenvalue weighted by Crippen LogP contribution is -2.30. The second-order valence-electron chi connectivity index (χ2n) is 4.53. The van der Waals surface area contributed by atoms with Crippen molar-refractivity contribution in [3.8, 4) is 0 Å². The molecule has 94 valence electrons. The first-order chi connectivity index (χ1) is 8.15. The third kappa shape index (κ3) is 2.29. The van der Waals surface area contributed by atoms with Gasteiger partial charge in [-0.05, 0) is 19.4 Å². The molecular formula is C12H19N3O2. The van der Waals surface area contributed by atoms with Crippen LogP contribution in [0.2, 0.25) is 0 Å². The Morgan fingerprint density at radius 2 is 2.41 bits per heavy atom. The van der Waals surface area contributed by atoms with Crippen molar-refractivity contribution in [2.45, 2.75) is 19.9 Å². The number of carbonyl (C=O) groups is 1. The van der Waals surface area contributed by atoms with Crippen LogP contribution in [0.15, 0.2) is 12.3 Å². The zero-order valence-electron chi connectivity index (χ0n) is 10.1. The number of aliphatic hydroxyl groups excluding tert-OH is 1. The number of nitrogen functional groups attached to an aromatic ring is 1. The van der Waals surface area contributed by atoms with Crippen molar-refractivity contribution in [1.82, 2.24) is 9.47 Å². The van der Waals surface area contributed by atoms with Gasteiger partial charge in [-0.25, -0.2) is 0 Å². The fourth-order valence-electron chi connectivity index (χ4n) is 2.30. The van der Waals surface area contributed by atoms with Crippen LogP contribution >= 0.6 is 0 Å². The summed E-state index contributed by atoms with van der Waals surface area (Å²) in [5.41, 5.74) is 6.97. The fraction of sp³-hybridized carbons (Fsp3) is 0.583. The molecule has 0 spiro atoms. The van der Waals surface area contributed by atoms with Gasteiger partial charge in [-0.1, -0.05) is 0 Å². The quantitative estimate of drug-likeness (QED) is 0.806. The van der Waals surface area contributed by atoms with E-state index < -0.39 is 0 Å². The monoisotopic (exact) mass is 237 g/mol. The van der Waals surface area contributed by atoms with Crippen molar-refractivity contribution in [2.75, 3.05) is 25.4 Å². The molecule has 1 amide bonds. The zero-order chi connectivity index (χ0) is 12.4. The summed E-state index contributed by atoms with van der Waals surface area (Å²) in [4.78, 5) is 14.1. The Labute approximate surface area is 101 Å². The summed E-state index contributed by atoms with van der Waals surface area (Å²) in [5.74, 6) is 0.237. The molecule has 5 heteroatoms. The van der Waals surface area contributed by atoms with Crippen LogP contribution in [0.1, 0.15) is 23.8 Å². The molecule has 1 aromatic rings. The van der Waals surface area contributed by atoms with E-state index in [4.69, 9.17) is 10.8 Å². The molecule has 3 N–H and O–H groups in total. The van der Waals surface area contributed by atoms with Crippen LogP contribution < -0.4 is 5.73 Å². The predicted molar refractivity (Wildman–Crippen MR) is 65.6 cm³/mol. The molecule has 1 aliphatic rings. The van der Waals surface area contributed by atoms with Gasteiger partial charge in [0.05, 0.1) is 5.69 Å². The molecule has 0 aromatic carbocycles. The van der Waals surface area contributed by atoms with Gasteiger partial charge in [-0.2, -0.15) is 0 Å². The predicted octanol–water partition coefficient (Wildman–Crippen LogP) is 0.545. The highest BCUT2D eigenvalue weighted by atomic mass is 16.3. The largest absolute Gasteiger partial charge is 0.397 e. The standard InChI is InChI=1S/C12H19N3O2/c1-2-14-7-10(13)5-11(14)12(17)15-4-3-9(6-15)8-16/h5,7,9,16H,2-4,6,8,13H2,1H3. The van der Waals surface area contributed by atoms with Gasteiger partial charge in [-0.3, -0.25) is 4.79 Å². The summed E-state index contributed by atoms with van der Waals surface area (Å²) < 4.78 is 1.87. The number of aromatic nitrogens is 1. The lowest BCUT2D eigenvalue weighted by molar-refractivity contribution is 0.0771. The summed E-state index contributed by atoms with van der Waals surface area (Å²) in [6.07, 6.45) is 2.66.